The lowest BCUT2D eigenvalue weighted by molar-refractivity contribution is -0.408. The van der Waals surface area contributed by atoms with Crippen LogP contribution in [-0.4, -0.2) is 57.8 Å². The third kappa shape index (κ3) is 6.95. The quantitative estimate of drug-likeness (QED) is 0.257. The smallest absolute Gasteiger partial charge is 0.362 e. The Balaban J connectivity index is 4.51. The maximum atomic E-state index is 11.8. The van der Waals surface area contributed by atoms with Gasteiger partial charge in [-0.3, -0.25) is 14.4 Å². The van der Waals surface area contributed by atoms with Gasteiger partial charge in [0, 0.05) is 18.6 Å². The van der Waals surface area contributed by atoms with Crippen LogP contribution in [0.2, 0.25) is 0 Å². The molecular formula is C11H20N3O6S+. The minimum absolute atomic E-state index is 0.0283. The number of carboxylic acids is 2. The first kappa shape index (κ1) is 19.2. The molecule has 0 aromatic carbocycles. The van der Waals surface area contributed by atoms with E-state index in [1.807, 2.05) is 0 Å². The lowest BCUT2D eigenvalue weighted by Crippen LogP contribution is -2.65. The lowest BCUT2D eigenvalue weighted by atomic mass is 10.0. The Kier molecular flexibility index (Phi) is 7.74. The summed E-state index contributed by atoms with van der Waals surface area (Å²) < 4.78 is 0. The third-order valence-corrected chi connectivity index (χ3v) is 3.33. The molecule has 0 saturated carbocycles. The second-order valence-corrected chi connectivity index (χ2v) is 5.00. The van der Waals surface area contributed by atoms with Crippen LogP contribution in [-0.2, 0) is 19.2 Å². The highest BCUT2D eigenvalue weighted by atomic mass is 32.1. The topological polar surface area (TPSA) is 160 Å². The molecule has 0 radical (unpaired) electrons. The van der Waals surface area contributed by atoms with Crippen LogP contribution in [0.4, 0.5) is 0 Å². The standard InChI is InChI=1S/C11H19N3O6S/c1-11(5-21,10(20)13-4-8(16)17)14-7(15)3-2-6(12)9(18)19/h6,21H,2-5,12H2,1H3,(H,13,20)(H,14,15)(H,16,17)(H,18,19)/p+1/t6-,11-/m0/s1. The van der Waals surface area contributed by atoms with Gasteiger partial charge in [0.15, 0.2) is 6.04 Å². The molecule has 0 saturated heterocycles. The van der Waals surface area contributed by atoms with Crippen LogP contribution in [0, 0.1) is 0 Å². The van der Waals surface area contributed by atoms with Gasteiger partial charge in [0.05, 0.1) is 0 Å². The second-order valence-electron chi connectivity index (χ2n) is 4.69. The molecule has 7 N–H and O–H groups in total. The van der Waals surface area contributed by atoms with Crippen LogP contribution in [0.5, 0.6) is 0 Å². The summed E-state index contributed by atoms with van der Waals surface area (Å²) in [5.74, 6) is -3.59. The number of amides is 2. The molecule has 0 spiro atoms. The van der Waals surface area contributed by atoms with Crippen LogP contribution < -0.4 is 16.4 Å². The molecule has 2 amide bonds. The van der Waals surface area contributed by atoms with E-state index in [4.69, 9.17) is 10.2 Å². The van der Waals surface area contributed by atoms with Gasteiger partial charge >= 0.3 is 11.9 Å². The zero-order valence-electron chi connectivity index (χ0n) is 11.6. The predicted molar refractivity (Wildman–Crippen MR) is 74.6 cm³/mol. The Morgan fingerprint density at radius 3 is 2.29 bits per heavy atom. The average molecular weight is 322 g/mol. The molecular weight excluding hydrogens is 302 g/mol. The highest BCUT2D eigenvalue weighted by Gasteiger charge is 2.33. The molecule has 0 unspecified atom stereocenters. The van der Waals surface area contributed by atoms with Crippen molar-refractivity contribution in [2.24, 2.45) is 0 Å². The SMILES string of the molecule is C[C@@](CS)(NC(=O)CC[C@H]([NH3+])C(=O)O)C(=O)NCC(=O)O. The summed E-state index contributed by atoms with van der Waals surface area (Å²) in [6.45, 7) is 0.825. The molecule has 0 aliphatic carbocycles. The fraction of sp³-hybridized carbons (Fsp3) is 0.636. The molecule has 0 heterocycles. The van der Waals surface area contributed by atoms with Gasteiger partial charge < -0.3 is 26.6 Å². The van der Waals surface area contributed by atoms with Gasteiger partial charge in [0.2, 0.25) is 11.8 Å². The highest BCUT2D eigenvalue weighted by Crippen LogP contribution is 2.08. The molecule has 120 valence electrons. The van der Waals surface area contributed by atoms with Crippen molar-refractivity contribution in [3.8, 4) is 0 Å². The number of carboxylic acid groups (broad SMARTS) is 2. The number of hydrogen-bond donors (Lipinski definition) is 6. The minimum atomic E-state index is -1.38. The number of carbonyl (C=O) groups is 4. The van der Waals surface area contributed by atoms with Crippen LogP contribution in [0.1, 0.15) is 19.8 Å². The molecule has 0 aliphatic heterocycles. The predicted octanol–water partition coefficient (Wildman–Crippen LogP) is -2.53. The summed E-state index contributed by atoms with van der Waals surface area (Å²) in [5.41, 5.74) is 1.99. The number of rotatable bonds is 9. The van der Waals surface area contributed by atoms with Crippen molar-refractivity contribution >= 4 is 36.4 Å². The van der Waals surface area contributed by atoms with Gasteiger partial charge in [0.25, 0.3) is 0 Å². The molecule has 2 atom stereocenters. The zero-order valence-corrected chi connectivity index (χ0v) is 12.5. The Bertz CT molecular complexity index is 430. The van der Waals surface area contributed by atoms with Gasteiger partial charge in [-0.2, -0.15) is 12.6 Å². The summed E-state index contributed by atoms with van der Waals surface area (Å²) in [7, 11) is 0. The summed E-state index contributed by atoms with van der Waals surface area (Å²) in [4.78, 5) is 44.5. The van der Waals surface area contributed by atoms with Crippen molar-refractivity contribution in [3.63, 3.8) is 0 Å². The monoisotopic (exact) mass is 322 g/mol. The van der Waals surface area contributed by atoms with Crippen molar-refractivity contribution in [1.82, 2.24) is 10.6 Å². The molecule has 0 bridgehead atoms. The van der Waals surface area contributed by atoms with E-state index in [-0.39, 0.29) is 18.6 Å². The maximum absolute atomic E-state index is 11.8. The first-order valence-corrected chi connectivity index (χ1v) is 6.73. The van der Waals surface area contributed by atoms with Gasteiger partial charge in [-0.15, -0.1) is 0 Å². The first-order valence-electron chi connectivity index (χ1n) is 6.10. The van der Waals surface area contributed by atoms with Gasteiger partial charge in [-0.05, 0) is 6.92 Å². The minimum Gasteiger partial charge on any atom is -0.480 e. The van der Waals surface area contributed by atoms with Crippen LogP contribution in [0.25, 0.3) is 0 Å². The molecule has 9 nitrogen and oxygen atoms in total. The van der Waals surface area contributed by atoms with Crippen LogP contribution in [0.15, 0.2) is 0 Å². The fourth-order valence-corrected chi connectivity index (χ4v) is 1.54. The van der Waals surface area contributed by atoms with E-state index < -0.39 is 41.9 Å². The van der Waals surface area contributed by atoms with E-state index in [2.05, 4.69) is 29.0 Å². The van der Waals surface area contributed by atoms with Crippen molar-refractivity contribution in [2.45, 2.75) is 31.3 Å². The van der Waals surface area contributed by atoms with E-state index in [9.17, 15) is 19.2 Å². The summed E-state index contributed by atoms with van der Waals surface area (Å²) >= 11 is 3.97. The van der Waals surface area contributed by atoms with Crippen molar-refractivity contribution in [1.29, 1.82) is 0 Å². The molecule has 0 fully saturated rings. The molecule has 0 aromatic rings. The number of nitrogens with one attached hydrogen (secondary N) is 2. The summed E-state index contributed by atoms with van der Waals surface area (Å²) in [6.07, 6.45) is -0.0867. The van der Waals surface area contributed by atoms with E-state index >= 15 is 0 Å². The Hall–Kier alpha value is -1.81. The highest BCUT2D eigenvalue weighted by molar-refractivity contribution is 7.80. The van der Waals surface area contributed by atoms with E-state index in [0.29, 0.717) is 0 Å². The average Bonchev–Trinajstić information content (AvgIpc) is 2.41. The number of carbonyl (C=O) groups excluding carboxylic acids is 2. The number of aliphatic carboxylic acids is 2. The molecule has 21 heavy (non-hydrogen) atoms. The Labute approximate surface area is 126 Å². The molecule has 0 aliphatic rings. The lowest BCUT2D eigenvalue weighted by Gasteiger charge is -2.27. The number of quaternary nitrogens is 1. The largest absolute Gasteiger partial charge is 0.480 e. The third-order valence-electron chi connectivity index (χ3n) is 2.70. The molecule has 0 rings (SSSR count). The number of hydrogen-bond acceptors (Lipinski definition) is 5. The van der Waals surface area contributed by atoms with Crippen LogP contribution in [0.3, 0.4) is 0 Å². The molecule has 10 heteroatoms. The molecule has 0 aromatic heterocycles. The zero-order chi connectivity index (χ0) is 16.6. The van der Waals surface area contributed by atoms with Crippen LogP contribution >= 0.6 is 12.6 Å². The van der Waals surface area contributed by atoms with E-state index in [1.165, 1.54) is 6.92 Å². The van der Waals surface area contributed by atoms with Crippen molar-refractivity contribution in [3.05, 3.63) is 0 Å². The Morgan fingerprint density at radius 1 is 1.29 bits per heavy atom. The first-order chi connectivity index (χ1) is 9.62. The second kappa shape index (κ2) is 8.47. The van der Waals surface area contributed by atoms with Crippen molar-refractivity contribution in [2.75, 3.05) is 12.3 Å². The normalized spacial score (nSPS) is 14.6. The summed E-state index contributed by atoms with van der Waals surface area (Å²) in [5, 5.41) is 21.7. The summed E-state index contributed by atoms with van der Waals surface area (Å²) in [6, 6.07) is -0.918. The van der Waals surface area contributed by atoms with Crippen molar-refractivity contribution < 1.29 is 35.1 Å². The van der Waals surface area contributed by atoms with Gasteiger partial charge in [0.1, 0.15) is 12.1 Å². The Morgan fingerprint density at radius 2 is 1.86 bits per heavy atom. The number of thiol groups is 1. The maximum Gasteiger partial charge on any atom is 0.362 e. The fourth-order valence-electron chi connectivity index (χ4n) is 1.32. The van der Waals surface area contributed by atoms with Gasteiger partial charge in [-0.1, -0.05) is 0 Å². The van der Waals surface area contributed by atoms with E-state index in [0.717, 1.165) is 0 Å². The van der Waals surface area contributed by atoms with E-state index in [1.54, 1.807) is 0 Å². The van der Waals surface area contributed by atoms with Gasteiger partial charge in [-0.25, -0.2) is 4.79 Å².